The van der Waals surface area contributed by atoms with Gasteiger partial charge >= 0.3 is 0 Å². The molecule has 2 N–H and O–H groups in total. The predicted octanol–water partition coefficient (Wildman–Crippen LogP) is 4.48. The third-order valence-electron chi connectivity index (χ3n) is 4.16. The molecule has 3 rings (SSSR count). The molecule has 23 heavy (non-hydrogen) atoms. The van der Waals surface area contributed by atoms with E-state index in [9.17, 15) is 0 Å². The van der Waals surface area contributed by atoms with Gasteiger partial charge in [-0.15, -0.1) is 11.3 Å². The van der Waals surface area contributed by atoms with Gasteiger partial charge in [-0.1, -0.05) is 50.6 Å². The molecule has 0 saturated carbocycles. The highest BCUT2D eigenvalue weighted by molar-refractivity contribution is 7.17. The van der Waals surface area contributed by atoms with Gasteiger partial charge in [-0.2, -0.15) is 0 Å². The molecular formula is C19H25N3S. The van der Waals surface area contributed by atoms with Crippen molar-refractivity contribution >= 4 is 16.3 Å². The second kappa shape index (κ2) is 5.77. The van der Waals surface area contributed by atoms with Crippen molar-refractivity contribution < 1.29 is 0 Å². The van der Waals surface area contributed by atoms with E-state index < -0.39 is 0 Å². The number of hydrogen-bond acceptors (Lipinski definition) is 3. The molecule has 0 aliphatic rings. The molecule has 0 atom stereocenters. The summed E-state index contributed by atoms with van der Waals surface area (Å²) in [6, 6.07) is 8.74. The van der Waals surface area contributed by atoms with E-state index in [4.69, 9.17) is 10.7 Å². The van der Waals surface area contributed by atoms with Crippen LogP contribution in [0.2, 0.25) is 0 Å². The van der Waals surface area contributed by atoms with Crippen LogP contribution in [0.15, 0.2) is 24.3 Å². The lowest BCUT2D eigenvalue weighted by Crippen LogP contribution is -2.17. The van der Waals surface area contributed by atoms with Crippen molar-refractivity contribution in [2.24, 2.45) is 5.73 Å². The number of aryl methyl sites for hydroxylation is 2. The number of rotatable bonds is 3. The lowest BCUT2D eigenvalue weighted by atomic mass is 9.90. The lowest BCUT2D eigenvalue weighted by Gasteiger charge is -2.18. The molecule has 2 aromatic heterocycles. The fraction of sp³-hybridized carbons (Fsp3) is 0.421. The fourth-order valence-corrected chi connectivity index (χ4v) is 4.09. The second-order valence-corrected chi connectivity index (χ2v) is 8.37. The molecule has 0 aliphatic heterocycles. The second-order valence-electron chi connectivity index (χ2n) is 7.19. The summed E-state index contributed by atoms with van der Waals surface area (Å²) in [5.74, 6) is 0. The minimum atomic E-state index is 0.0225. The predicted molar refractivity (Wildman–Crippen MR) is 99.4 cm³/mol. The van der Waals surface area contributed by atoms with E-state index in [1.807, 2.05) is 0 Å². The van der Waals surface area contributed by atoms with E-state index in [1.165, 1.54) is 33.1 Å². The van der Waals surface area contributed by atoms with Crippen molar-refractivity contribution in [3.63, 3.8) is 0 Å². The molecule has 0 spiro atoms. The number of nitrogens with zero attached hydrogens (tertiary/aromatic N) is 2. The Labute approximate surface area is 142 Å². The molecule has 0 unspecified atom stereocenters. The smallest absolute Gasteiger partial charge is 0.194 e. The first kappa shape index (κ1) is 16.2. The normalized spacial score (nSPS) is 12.3. The molecule has 3 nitrogen and oxygen atoms in total. The summed E-state index contributed by atoms with van der Waals surface area (Å²) >= 11 is 1.77. The van der Waals surface area contributed by atoms with Crippen LogP contribution < -0.4 is 5.73 Å². The van der Waals surface area contributed by atoms with Crippen LogP contribution in [0.3, 0.4) is 0 Å². The summed E-state index contributed by atoms with van der Waals surface area (Å²) < 4.78 is 2.33. The third-order valence-corrected chi connectivity index (χ3v) is 5.12. The number of fused-ring (bicyclic) bond motifs is 1. The van der Waals surface area contributed by atoms with E-state index >= 15 is 0 Å². The average molecular weight is 327 g/mol. The van der Waals surface area contributed by atoms with Crippen molar-refractivity contribution in [3.05, 3.63) is 46.1 Å². The zero-order valence-corrected chi connectivity index (χ0v) is 15.4. The minimum absolute atomic E-state index is 0.0225. The number of aromatic nitrogens is 2. The number of benzene rings is 1. The zero-order chi connectivity index (χ0) is 16.8. The summed E-state index contributed by atoms with van der Waals surface area (Å²) in [7, 11) is 0. The molecule has 1 aromatic carbocycles. The number of thiazole rings is 1. The topological polar surface area (TPSA) is 43.3 Å². The van der Waals surface area contributed by atoms with Crippen LogP contribution in [0.1, 0.15) is 42.6 Å². The monoisotopic (exact) mass is 327 g/mol. The quantitative estimate of drug-likeness (QED) is 0.771. The van der Waals surface area contributed by atoms with Crippen LogP contribution in [0.4, 0.5) is 0 Å². The van der Waals surface area contributed by atoms with Crippen molar-refractivity contribution in [1.82, 2.24) is 9.38 Å². The number of hydrogen-bond donors (Lipinski definition) is 1. The minimum Gasteiger partial charge on any atom is -0.330 e. The van der Waals surface area contributed by atoms with Crippen LogP contribution in [0.5, 0.6) is 0 Å². The SMILES string of the molecule is Cc1ccc(-c2c(C)sc3nc(C(C)(C)C)c(CCN)n23)cc1. The van der Waals surface area contributed by atoms with E-state index in [1.54, 1.807) is 11.3 Å². The van der Waals surface area contributed by atoms with Crippen molar-refractivity contribution in [3.8, 4) is 11.3 Å². The summed E-state index contributed by atoms with van der Waals surface area (Å²) in [6.45, 7) is 11.6. The highest BCUT2D eigenvalue weighted by Crippen LogP contribution is 2.36. The maximum atomic E-state index is 5.90. The maximum Gasteiger partial charge on any atom is 0.194 e. The van der Waals surface area contributed by atoms with Crippen molar-refractivity contribution in [1.29, 1.82) is 0 Å². The van der Waals surface area contributed by atoms with Crippen molar-refractivity contribution in [2.75, 3.05) is 6.54 Å². The van der Waals surface area contributed by atoms with E-state index in [-0.39, 0.29) is 5.41 Å². The lowest BCUT2D eigenvalue weighted by molar-refractivity contribution is 0.564. The Kier molecular flexibility index (Phi) is 4.07. The van der Waals surface area contributed by atoms with Gasteiger partial charge < -0.3 is 5.73 Å². The molecule has 122 valence electrons. The van der Waals surface area contributed by atoms with Crippen LogP contribution in [0, 0.1) is 13.8 Å². The highest BCUT2D eigenvalue weighted by atomic mass is 32.1. The zero-order valence-electron chi connectivity index (χ0n) is 14.6. The van der Waals surface area contributed by atoms with E-state index in [0.717, 1.165) is 11.4 Å². The summed E-state index contributed by atoms with van der Waals surface area (Å²) in [5.41, 5.74) is 12.1. The molecule has 0 saturated heterocycles. The van der Waals surface area contributed by atoms with E-state index in [2.05, 4.69) is 63.3 Å². The Morgan fingerprint density at radius 3 is 2.35 bits per heavy atom. The van der Waals surface area contributed by atoms with Gasteiger partial charge in [-0.3, -0.25) is 4.40 Å². The average Bonchev–Trinajstić information content (AvgIpc) is 2.96. The maximum absolute atomic E-state index is 5.90. The Morgan fingerprint density at radius 2 is 1.78 bits per heavy atom. The largest absolute Gasteiger partial charge is 0.330 e. The van der Waals surface area contributed by atoms with Crippen LogP contribution in [-0.4, -0.2) is 15.9 Å². The van der Waals surface area contributed by atoms with Crippen LogP contribution >= 0.6 is 11.3 Å². The molecule has 0 aliphatic carbocycles. The first-order chi connectivity index (χ1) is 10.8. The standard InChI is InChI=1S/C19H25N3S/c1-12-6-8-14(9-7-12)16-13(2)23-18-21-17(19(3,4)5)15(10-11-20)22(16)18/h6-9H,10-11,20H2,1-5H3. The van der Waals surface area contributed by atoms with Gasteiger partial charge in [-0.25, -0.2) is 4.98 Å². The molecule has 0 bridgehead atoms. The summed E-state index contributed by atoms with van der Waals surface area (Å²) in [6.07, 6.45) is 0.850. The summed E-state index contributed by atoms with van der Waals surface area (Å²) in [5, 5.41) is 0. The van der Waals surface area contributed by atoms with Gasteiger partial charge in [0.2, 0.25) is 0 Å². The Balaban J connectivity index is 2.31. The Morgan fingerprint density at radius 1 is 1.13 bits per heavy atom. The molecule has 0 fully saturated rings. The molecule has 4 heteroatoms. The summed E-state index contributed by atoms with van der Waals surface area (Å²) in [4.78, 5) is 7.33. The van der Waals surface area contributed by atoms with Crippen LogP contribution in [0.25, 0.3) is 16.2 Å². The molecule has 0 radical (unpaired) electrons. The molecule has 2 heterocycles. The molecular weight excluding hydrogens is 302 g/mol. The van der Waals surface area contributed by atoms with Gasteiger partial charge in [-0.05, 0) is 26.0 Å². The third kappa shape index (κ3) is 2.81. The Hall–Kier alpha value is -1.65. The van der Waals surface area contributed by atoms with Crippen molar-refractivity contribution in [2.45, 2.75) is 46.5 Å². The number of imidazole rings is 1. The van der Waals surface area contributed by atoms with Gasteiger partial charge in [0.05, 0.1) is 11.4 Å². The van der Waals surface area contributed by atoms with Gasteiger partial charge in [0.15, 0.2) is 4.96 Å². The molecule has 0 amide bonds. The Bertz CT molecular complexity index is 832. The van der Waals surface area contributed by atoms with Gasteiger partial charge in [0, 0.05) is 22.4 Å². The number of nitrogens with two attached hydrogens (primary N) is 1. The van der Waals surface area contributed by atoms with Crippen LogP contribution in [-0.2, 0) is 11.8 Å². The first-order valence-corrected chi connectivity index (χ1v) is 8.93. The first-order valence-electron chi connectivity index (χ1n) is 8.11. The molecule has 3 aromatic rings. The highest BCUT2D eigenvalue weighted by Gasteiger charge is 2.26. The van der Waals surface area contributed by atoms with Gasteiger partial charge in [0.1, 0.15) is 0 Å². The van der Waals surface area contributed by atoms with E-state index in [0.29, 0.717) is 6.54 Å². The fourth-order valence-electron chi connectivity index (χ4n) is 3.08. The van der Waals surface area contributed by atoms with Gasteiger partial charge in [0.25, 0.3) is 0 Å².